The molecule has 120 valence electrons. The van der Waals surface area contributed by atoms with Crippen molar-refractivity contribution in [3.8, 4) is 5.75 Å². The number of carbonyl (C=O) groups excluding carboxylic acids is 1. The first kappa shape index (κ1) is 16.5. The Bertz CT molecular complexity index is 562. The van der Waals surface area contributed by atoms with Crippen molar-refractivity contribution in [3.05, 3.63) is 29.0 Å². The molecular weight excluding hydrogens is 315 g/mol. The number of carbonyl (C=O) groups is 2. The number of piperidine rings is 1. The van der Waals surface area contributed by atoms with Crippen LogP contribution in [0.5, 0.6) is 5.75 Å². The van der Waals surface area contributed by atoms with Gasteiger partial charge >= 0.3 is 5.97 Å². The van der Waals surface area contributed by atoms with Gasteiger partial charge in [-0.3, -0.25) is 9.59 Å². The third-order valence-electron chi connectivity index (χ3n) is 3.34. The first-order valence-electron chi connectivity index (χ1n) is 6.79. The summed E-state index contributed by atoms with van der Waals surface area (Å²) in [5.74, 6) is -1.64. The summed E-state index contributed by atoms with van der Waals surface area (Å²) < 4.78 is 18.4. The third-order valence-corrected chi connectivity index (χ3v) is 3.65. The van der Waals surface area contributed by atoms with E-state index in [2.05, 4.69) is 10.6 Å². The molecule has 0 radical (unpaired) electrons. The molecule has 2 rings (SSSR count). The Balaban J connectivity index is 1.74. The molecule has 1 saturated heterocycles. The maximum absolute atomic E-state index is 13.2. The molecule has 1 aromatic rings. The minimum atomic E-state index is -0.891. The summed E-state index contributed by atoms with van der Waals surface area (Å²) in [5.41, 5.74) is 0. The van der Waals surface area contributed by atoms with Crippen LogP contribution in [0, 0.1) is 5.82 Å². The van der Waals surface area contributed by atoms with Crippen molar-refractivity contribution in [2.75, 3.05) is 13.2 Å². The number of aliphatic carboxylic acids is 1. The normalized spacial score (nSPS) is 21.2. The van der Waals surface area contributed by atoms with Crippen LogP contribution in [0.1, 0.15) is 12.8 Å². The summed E-state index contributed by atoms with van der Waals surface area (Å²) >= 11 is 5.55. The highest BCUT2D eigenvalue weighted by Crippen LogP contribution is 2.20. The first-order valence-corrected chi connectivity index (χ1v) is 7.17. The Labute approximate surface area is 131 Å². The Morgan fingerprint density at radius 3 is 2.82 bits per heavy atom. The largest absolute Gasteiger partial charge is 0.484 e. The molecule has 1 aliphatic heterocycles. The van der Waals surface area contributed by atoms with Crippen LogP contribution in [0.3, 0.4) is 0 Å². The number of hydrogen-bond acceptors (Lipinski definition) is 4. The number of amides is 1. The van der Waals surface area contributed by atoms with E-state index in [0.717, 1.165) is 6.07 Å². The molecule has 1 heterocycles. The Hall–Kier alpha value is -1.86. The van der Waals surface area contributed by atoms with E-state index in [1.54, 1.807) is 0 Å². The van der Waals surface area contributed by atoms with Crippen molar-refractivity contribution in [1.29, 1.82) is 0 Å². The van der Waals surface area contributed by atoms with Crippen LogP contribution >= 0.6 is 11.6 Å². The molecule has 0 bridgehead atoms. The Morgan fingerprint density at radius 1 is 1.45 bits per heavy atom. The number of carboxylic acid groups (broad SMARTS) is 1. The van der Waals surface area contributed by atoms with E-state index in [1.807, 2.05) is 0 Å². The SMILES string of the molecule is O=C(COc1ccc(Cl)c(F)c1)NC1CCC(C(=O)O)NC1. The number of nitrogens with one attached hydrogen (secondary N) is 2. The molecule has 0 spiro atoms. The van der Waals surface area contributed by atoms with E-state index in [-0.39, 0.29) is 29.3 Å². The summed E-state index contributed by atoms with van der Waals surface area (Å²) in [6.45, 7) is 0.137. The van der Waals surface area contributed by atoms with Crippen molar-refractivity contribution in [2.24, 2.45) is 0 Å². The highest BCUT2D eigenvalue weighted by molar-refractivity contribution is 6.30. The molecule has 8 heteroatoms. The van der Waals surface area contributed by atoms with Crippen LogP contribution in [0.4, 0.5) is 4.39 Å². The number of rotatable bonds is 5. The summed E-state index contributed by atoms with van der Waals surface area (Å²) in [7, 11) is 0. The monoisotopic (exact) mass is 330 g/mol. The van der Waals surface area contributed by atoms with Crippen molar-refractivity contribution in [3.63, 3.8) is 0 Å². The molecule has 1 aromatic carbocycles. The minimum absolute atomic E-state index is 0.0157. The van der Waals surface area contributed by atoms with Gasteiger partial charge in [0.05, 0.1) is 5.02 Å². The third kappa shape index (κ3) is 4.57. The van der Waals surface area contributed by atoms with Gasteiger partial charge in [-0.05, 0) is 25.0 Å². The predicted octanol–water partition coefficient (Wildman–Crippen LogP) is 1.18. The molecule has 1 fully saturated rings. The number of halogens is 2. The van der Waals surface area contributed by atoms with Gasteiger partial charge in [0.15, 0.2) is 6.61 Å². The van der Waals surface area contributed by atoms with E-state index in [1.165, 1.54) is 12.1 Å². The summed E-state index contributed by atoms with van der Waals surface area (Å²) in [5, 5.41) is 14.4. The zero-order valence-electron chi connectivity index (χ0n) is 11.6. The van der Waals surface area contributed by atoms with Crippen LogP contribution in [0.2, 0.25) is 5.02 Å². The molecule has 22 heavy (non-hydrogen) atoms. The van der Waals surface area contributed by atoms with Gasteiger partial charge in [-0.25, -0.2) is 4.39 Å². The molecular formula is C14H16ClFN2O4. The van der Waals surface area contributed by atoms with Crippen LogP contribution in [0.15, 0.2) is 18.2 Å². The smallest absolute Gasteiger partial charge is 0.320 e. The molecule has 0 saturated carbocycles. The first-order chi connectivity index (χ1) is 10.5. The van der Waals surface area contributed by atoms with Gasteiger partial charge in [-0.15, -0.1) is 0 Å². The number of carboxylic acids is 1. The molecule has 6 nitrogen and oxygen atoms in total. The number of hydrogen-bond donors (Lipinski definition) is 3. The molecule has 2 atom stereocenters. The van der Waals surface area contributed by atoms with E-state index >= 15 is 0 Å². The van der Waals surface area contributed by atoms with Crippen LogP contribution < -0.4 is 15.4 Å². The lowest BCUT2D eigenvalue weighted by atomic mass is 10.0. The van der Waals surface area contributed by atoms with Crippen molar-refractivity contribution >= 4 is 23.5 Å². The highest BCUT2D eigenvalue weighted by Gasteiger charge is 2.26. The maximum atomic E-state index is 13.2. The lowest BCUT2D eigenvalue weighted by Gasteiger charge is -2.28. The van der Waals surface area contributed by atoms with Crippen molar-refractivity contribution < 1.29 is 23.8 Å². The fraction of sp³-hybridized carbons (Fsp3) is 0.429. The molecule has 1 aliphatic rings. The fourth-order valence-corrected chi connectivity index (χ4v) is 2.29. The van der Waals surface area contributed by atoms with Gasteiger partial charge in [0.2, 0.25) is 0 Å². The quantitative estimate of drug-likeness (QED) is 0.754. The fourth-order valence-electron chi connectivity index (χ4n) is 2.18. The van der Waals surface area contributed by atoms with Gasteiger partial charge in [0, 0.05) is 18.7 Å². The highest BCUT2D eigenvalue weighted by atomic mass is 35.5. The van der Waals surface area contributed by atoms with Crippen molar-refractivity contribution in [1.82, 2.24) is 10.6 Å². The number of ether oxygens (including phenoxy) is 1. The van der Waals surface area contributed by atoms with Gasteiger partial charge in [0.25, 0.3) is 5.91 Å². The second-order valence-corrected chi connectivity index (χ2v) is 5.41. The van der Waals surface area contributed by atoms with E-state index in [4.69, 9.17) is 21.4 Å². The molecule has 3 N–H and O–H groups in total. The predicted molar refractivity (Wildman–Crippen MR) is 77.5 cm³/mol. The second kappa shape index (κ2) is 7.42. The van der Waals surface area contributed by atoms with Gasteiger partial charge in [-0.2, -0.15) is 0 Å². The lowest BCUT2D eigenvalue weighted by molar-refractivity contribution is -0.140. The Kier molecular flexibility index (Phi) is 5.57. The van der Waals surface area contributed by atoms with Gasteiger partial charge in [0.1, 0.15) is 17.6 Å². The average Bonchev–Trinajstić information content (AvgIpc) is 2.49. The standard InChI is InChI=1S/C14H16ClFN2O4/c15-10-3-2-9(5-11(10)16)22-7-13(19)18-8-1-4-12(14(20)21)17-6-8/h2-3,5,8,12,17H,1,4,6-7H2,(H,18,19)(H,20,21). The molecule has 0 aromatic heterocycles. The van der Waals surface area contributed by atoms with E-state index in [0.29, 0.717) is 19.4 Å². The van der Waals surface area contributed by atoms with Crippen LogP contribution in [-0.2, 0) is 9.59 Å². The summed E-state index contributed by atoms with van der Waals surface area (Å²) in [4.78, 5) is 22.5. The molecule has 1 amide bonds. The summed E-state index contributed by atoms with van der Waals surface area (Å²) in [6.07, 6.45) is 1.02. The van der Waals surface area contributed by atoms with Gasteiger partial charge < -0.3 is 20.5 Å². The lowest BCUT2D eigenvalue weighted by Crippen LogP contribution is -2.52. The zero-order chi connectivity index (χ0) is 16.1. The van der Waals surface area contributed by atoms with Crippen molar-refractivity contribution in [2.45, 2.75) is 24.9 Å². The summed E-state index contributed by atoms with van der Waals surface area (Å²) in [6, 6.07) is 3.21. The topological polar surface area (TPSA) is 87.7 Å². The average molecular weight is 331 g/mol. The van der Waals surface area contributed by atoms with Gasteiger partial charge in [-0.1, -0.05) is 11.6 Å². The zero-order valence-corrected chi connectivity index (χ0v) is 12.4. The maximum Gasteiger partial charge on any atom is 0.320 e. The van der Waals surface area contributed by atoms with Crippen LogP contribution in [-0.4, -0.2) is 42.2 Å². The van der Waals surface area contributed by atoms with E-state index in [9.17, 15) is 14.0 Å². The van der Waals surface area contributed by atoms with E-state index < -0.39 is 17.8 Å². The second-order valence-electron chi connectivity index (χ2n) is 5.01. The molecule has 2 unspecified atom stereocenters. The molecule has 0 aliphatic carbocycles. The minimum Gasteiger partial charge on any atom is -0.484 e. The Morgan fingerprint density at radius 2 is 2.23 bits per heavy atom. The number of benzene rings is 1. The van der Waals surface area contributed by atoms with Crippen LogP contribution in [0.25, 0.3) is 0 Å².